The Morgan fingerprint density at radius 2 is 0.824 bits per heavy atom. The number of methoxy groups -OCH3 is 3. The Morgan fingerprint density at radius 3 is 1.12 bits per heavy atom. The van der Waals surface area contributed by atoms with E-state index in [1.165, 1.54) is 27.0 Å². The number of ether oxygens (including phenoxy) is 3. The molecule has 0 unspecified atom stereocenters. The molecule has 34 heavy (non-hydrogen) atoms. The van der Waals surface area contributed by atoms with Crippen molar-refractivity contribution >= 4 is 39.1 Å². The van der Waals surface area contributed by atoms with Gasteiger partial charge in [0.1, 0.15) is 40.4 Å². The van der Waals surface area contributed by atoms with Crippen LogP contribution in [0.3, 0.4) is 0 Å². The molecule has 0 radical (unpaired) electrons. The van der Waals surface area contributed by atoms with Crippen LogP contribution in [-0.2, 0) is 11.5 Å². The zero-order valence-electron chi connectivity index (χ0n) is 19.7. The Bertz CT molecular complexity index is 1070. The van der Waals surface area contributed by atoms with Crippen LogP contribution in [0.2, 0.25) is 0 Å². The Labute approximate surface area is 211 Å². The van der Waals surface area contributed by atoms with Crippen LogP contribution in [0, 0.1) is 0 Å². The average molecular weight is 536 g/mol. The van der Waals surface area contributed by atoms with E-state index in [1.807, 2.05) is 0 Å². The van der Waals surface area contributed by atoms with Crippen molar-refractivity contribution < 1.29 is 14.2 Å². The third-order valence-electron chi connectivity index (χ3n) is 6.14. The number of rotatable bonds is 9. The molecule has 0 saturated carbocycles. The molecule has 4 rings (SSSR count). The molecular formula is C29H29BrO3P+. The molecule has 5 heteroatoms. The second-order valence-electron chi connectivity index (χ2n) is 8.01. The van der Waals surface area contributed by atoms with Crippen molar-refractivity contribution in [3.05, 3.63) is 108 Å². The molecule has 174 valence electrons. The molecule has 0 spiro atoms. The minimum atomic E-state index is -2.07. The van der Waals surface area contributed by atoms with Crippen LogP contribution >= 0.6 is 23.2 Å². The molecule has 4 aromatic carbocycles. The Balaban J connectivity index is 1.96. The fourth-order valence-electron chi connectivity index (χ4n) is 4.24. The SMILES string of the molecule is COc1ccc([P+](Cc2ccc(CBr)cc2)(c2ccc(OC)cc2)c2ccc(OC)cc2)cc1. The highest BCUT2D eigenvalue weighted by Crippen LogP contribution is 2.58. The first-order valence-corrected chi connectivity index (χ1v) is 14.2. The van der Waals surface area contributed by atoms with Crippen LogP contribution < -0.4 is 30.1 Å². The van der Waals surface area contributed by atoms with Crippen molar-refractivity contribution in [2.24, 2.45) is 0 Å². The zero-order chi connectivity index (χ0) is 24.0. The highest BCUT2D eigenvalue weighted by molar-refractivity contribution is 9.08. The van der Waals surface area contributed by atoms with E-state index < -0.39 is 7.26 Å². The smallest absolute Gasteiger partial charge is 0.119 e. The summed E-state index contributed by atoms with van der Waals surface area (Å²) in [4.78, 5) is 0. The van der Waals surface area contributed by atoms with E-state index in [9.17, 15) is 0 Å². The highest BCUT2D eigenvalue weighted by Gasteiger charge is 2.45. The summed E-state index contributed by atoms with van der Waals surface area (Å²) < 4.78 is 16.4. The van der Waals surface area contributed by atoms with Crippen molar-refractivity contribution in [2.45, 2.75) is 11.5 Å². The topological polar surface area (TPSA) is 27.7 Å². The third-order valence-corrected chi connectivity index (χ3v) is 11.2. The van der Waals surface area contributed by atoms with Gasteiger partial charge in [-0.15, -0.1) is 0 Å². The maximum Gasteiger partial charge on any atom is 0.119 e. The average Bonchev–Trinajstić information content (AvgIpc) is 2.92. The van der Waals surface area contributed by atoms with E-state index in [4.69, 9.17) is 14.2 Å². The first-order valence-electron chi connectivity index (χ1n) is 11.1. The van der Waals surface area contributed by atoms with E-state index in [-0.39, 0.29) is 0 Å². The predicted molar refractivity (Wildman–Crippen MR) is 148 cm³/mol. The van der Waals surface area contributed by atoms with Crippen molar-refractivity contribution in [1.29, 1.82) is 0 Å². The standard InChI is InChI=1S/C29H29BrO3P/c1-31-24-8-14-27(15-9-24)34(28-16-10-25(32-2)11-17-28,29-18-12-26(33-3)13-19-29)21-23-6-4-22(20-30)5-7-23/h4-19H,20-21H2,1-3H3/q+1. The molecule has 0 fully saturated rings. The van der Waals surface area contributed by atoms with Crippen molar-refractivity contribution in [2.75, 3.05) is 21.3 Å². The van der Waals surface area contributed by atoms with Gasteiger partial charge in [0.15, 0.2) is 0 Å². The van der Waals surface area contributed by atoms with Crippen molar-refractivity contribution in [3.63, 3.8) is 0 Å². The van der Waals surface area contributed by atoms with Gasteiger partial charge in [-0.05, 0) is 83.9 Å². The lowest BCUT2D eigenvalue weighted by molar-refractivity contribution is 0.415. The molecule has 0 heterocycles. The summed E-state index contributed by atoms with van der Waals surface area (Å²) in [7, 11) is 3.04. The molecule has 0 aliphatic rings. The molecule has 0 amide bonds. The molecule has 0 aliphatic heterocycles. The van der Waals surface area contributed by atoms with Crippen LogP contribution in [0.25, 0.3) is 0 Å². The summed E-state index contributed by atoms with van der Waals surface area (Å²) in [5, 5.41) is 4.75. The Morgan fingerprint density at radius 1 is 0.500 bits per heavy atom. The van der Waals surface area contributed by atoms with E-state index >= 15 is 0 Å². The number of alkyl halides is 1. The predicted octanol–water partition coefficient (Wildman–Crippen LogP) is 6.10. The van der Waals surface area contributed by atoms with Crippen LogP contribution in [-0.4, -0.2) is 21.3 Å². The molecule has 0 atom stereocenters. The molecule has 0 saturated heterocycles. The molecule has 4 aromatic rings. The molecule has 0 aliphatic carbocycles. The summed E-state index contributed by atoms with van der Waals surface area (Å²) in [6.45, 7) is 0. The van der Waals surface area contributed by atoms with Gasteiger partial charge in [-0.1, -0.05) is 40.2 Å². The lowest BCUT2D eigenvalue weighted by atomic mass is 10.2. The van der Waals surface area contributed by atoms with Crippen LogP contribution in [0.1, 0.15) is 11.1 Å². The van der Waals surface area contributed by atoms with Gasteiger partial charge >= 0.3 is 0 Å². The zero-order valence-corrected chi connectivity index (χ0v) is 22.2. The summed E-state index contributed by atoms with van der Waals surface area (Å²) in [6.07, 6.45) is 0.903. The van der Waals surface area contributed by atoms with E-state index in [1.54, 1.807) is 21.3 Å². The second-order valence-corrected chi connectivity index (χ2v) is 12.1. The van der Waals surface area contributed by atoms with Crippen LogP contribution in [0.5, 0.6) is 17.2 Å². The minimum Gasteiger partial charge on any atom is -0.497 e. The highest BCUT2D eigenvalue weighted by atomic mass is 79.9. The maximum absolute atomic E-state index is 5.47. The third kappa shape index (κ3) is 4.99. The number of hydrogen-bond donors (Lipinski definition) is 0. The minimum absolute atomic E-state index is 0.850. The second kappa shape index (κ2) is 11.1. The largest absolute Gasteiger partial charge is 0.497 e. The fraction of sp³-hybridized carbons (Fsp3) is 0.172. The molecule has 0 aromatic heterocycles. The molecule has 3 nitrogen and oxygen atoms in total. The number of halogens is 1. The fourth-order valence-corrected chi connectivity index (χ4v) is 8.79. The van der Waals surface area contributed by atoms with Gasteiger partial charge in [0.2, 0.25) is 0 Å². The normalized spacial score (nSPS) is 11.2. The lowest BCUT2D eigenvalue weighted by Crippen LogP contribution is -2.32. The van der Waals surface area contributed by atoms with Gasteiger partial charge in [-0.2, -0.15) is 0 Å². The lowest BCUT2D eigenvalue weighted by Gasteiger charge is -2.28. The summed E-state index contributed by atoms with van der Waals surface area (Å²) >= 11 is 3.57. The van der Waals surface area contributed by atoms with E-state index in [0.717, 1.165) is 28.7 Å². The van der Waals surface area contributed by atoms with E-state index in [2.05, 4.69) is 113 Å². The van der Waals surface area contributed by atoms with Gasteiger partial charge in [-0.25, -0.2) is 0 Å². The molecular weight excluding hydrogens is 507 g/mol. The first-order chi connectivity index (χ1) is 16.6. The Hall–Kier alpha value is -2.81. The summed E-state index contributed by atoms with van der Waals surface area (Å²) in [5.41, 5.74) is 2.58. The molecule has 0 N–H and O–H groups in total. The van der Waals surface area contributed by atoms with Crippen molar-refractivity contribution in [1.82, 2.24) is 0 Å². The summed E-state index contributed by atoms with van der Waals surface area (Å²) in [5.74, 6) is 2.56. The Kier molecular flexibility index (Phi) is 7.92. The van der Waals surface area contributed by atoms with E-state index in [0.29, 0.717) is 0 Å². The number of benzene rings is 4. The van der Waals surface area contributed by atoms with Crippen LogP contribution in [0.15, 0.2) is 97.1 Å². The first kappa shape index (κ1) is 24.3. The van der Waals surface area contributed by atoms with Gasteiger partial charge in [0.25, 0.3) is 0 Å². The van der Waals surface area contributed by atoms with Crippen molar-refractivity contribution in [3.8, 4) is 17.2 Å². The summed E-state index contributed by atoms with van der Waals surface area (Å²) in [6, 6.07) is 34.6. The van der Waals surface area contributed by atoms with Gasteiger partial charge in [-0.3, -0.25) is 0 Å². The monoisotopic (exact) mass is 535 g/mol. The maximum atomic E-state index is 5.47. The quantitative estimate of drug-likeness (QED) is 0.191. The molecule has 0 bridgehead atoms. The van der Waals surface area contributed by atoms with Gasteiger partial charge in [0.05, 0.1) is 27.5 Å². The van der Waals surface area contributed by atoms with Crippen LogP contribution in [0.4, 0.5) is 0 Å². The number of hydrogen-bond acceptors (Lipinski definition) is 3. The van der Waals surface area contributed by atoms with Gasteiger partial charge in [0, 0.05) is 5.33 Å². The van der Waals surface area contributed by atoms with Gasteiger partial charge < -0.3 is 14.2 Å².